The maximum Gasteiger partial charge on any atom is 0.229 e. The third kappa shape index (κ3) is 3.77. The molecule has 1 aliphatic heterocycles. The molecule has 0 aliphatic carbocycles. The summed E-state index contributed by atoms with van der Waals surface area (Å²) < 4.78 is 0. The largest absolute Gasteiger partial charge is 0.368 e. The van der Waals surface area contributed by atoms with E-state index in [1.165, 1.54) is 6.42 Å². The van der Waals surface area contributed by atoms with Gasteiger partial charge in [-0.1, -0.05) is 6.92 Å². The molecule has 7 nitrogen and oxygen atoms in total. The highest BCUT2D eigenvalue weighted by Gasteiger charge is 2.23. The molecule has 2 heterocycles. The minimum atomic E-state index is 0.291. The fraction of sp³-hybridized carbons (Fsp3) is 0.769. The van der Waals surface area contributed by atoms with E-state index in [1.807, 2.05) is 19.0 Å². The molecule has 1 atom stereocenters. The molecule has 0 radical (unpaired) electrons. The SMILES string of the molecule is CCCN(Cc1nc(N)nc(N(C)C)n1)C1CCNC1. The first kappa shape index (κ1) is 14.9. The summed E-state index contributed by atoms with van der Waals surface area (Å²) in [4.78, 5) is 17.2. The fourth-order valence-electron chi connectivity index (χ4n) is 2.51. The molecule has 20 heavy (non-hydrogen) atoms. The van der Waals surface area contributed by atoms with Gasteiger partial charge in [-0.25, -0.2) is 0 Å². The van der Waals surface area contributed by atoms with Crippen molar-refractivity contribution in [1.29, 1.82) is 0 Å². The van der Waals surface area contributed by atoms with Crippen molar-refractivity contribution in [2.75, 3.05) is 44.4 Å². The highest BCUT2D eigenvalue weighted by atomic mass is 15.3. The minimum absolute atomic E-state index is 0.291. The van der Waals surface area contributed by atoms with Gasteiger partial charge in [-0.3, -0.25) is 4.90 Å². The van der Waals surface area contributed by atoms with Crippen LogP contribution in [0.25, 0.3) is 0 Å². The molecular weight excluding hydrogens is 254 g/mol. The van der Waals surface area contributed by atoms with Crippen molar-refractivity contribution in [1.82, 2.24) is 25.2 Å². The summed E-state index contributed by atoms with van der Waals surface area (Å²) in [5, 5.41) is 3.41. The summed E-state index contributed by atoms with van der Waals surface area (Å²) in [7, 11) is 3.81. The van der Waals surface area contributed by atoms with Crippen molar-refractivity contribution >= 4 is 11.9 Å². The predicted molar refractivity (Wildman–Crippen MR) is 80.5 cm³/mol. The van der Waals surface area contributed by atoms with Gasteiger partial charge in [0.1, 0.15) is 5.82 Å². The summed E-state index contributed by atoms with van der Waals surface area (Å²) in [5.74, 6) is 1.66. The maximum absolute atomic E-state index is 5.78. The lowest BCUT2D eigenvalue weighted by Crippen LogP contribution is -2.37. The van der Waals surface area contributed by atoms with Gasteiger partial charge in [-0.2, -0.15) is 15.0 Å². The Morgan fingerprint density at radius 1 is 1.30 bits per heavy atom. The molecule has 1 fully saturated rings. The van der Waals surface area contributed by atoms with Gasteiger partial charge in [-0.15, -0.1) is 0 Å². The molecule has 1 aromatic rings. The van der Waals surface area contributed by atoms with E-state index in [-0.39, 0.29) is 0 Å². The number of nitrogens with two attached hydrogens (primary N) is 1. The van der Waals surface area contributed by atoms with E-state index < -0.39 is 0 Å². The third-order valence-electron chi connectivity index (χ3n) is 3.49. The third-order valence-corrected chi connectivity index (χ3v) is 3.49. The van der Waals surface area contributed by atoms with Crippen LogP contribution in [-0.4, -0.2) is 59.6 Å². The molecule has 3 N–H and O–H groups in total. The standard InChI is InChI=1S/C13H25N7/c1-4-7-20(10-5-6-15-8-10)9-11-16-12(14)18-13(17-11)19(2)3/h10,15H,4-9H2,1-3H3,(H2,14,16,17,18). The van der Waals surface area contributed by atoms with E-state index >= 15 is 0 Å². The second-order valence-corrected chi connectivity index (χ2v) is 5.42. The zero-order valence-corrected chi connectivity index (χ0v) is 12.6. The number of hydrogen-bond donors (Lipinski definition) is 2. The van der Waals surface area contributed by atoms with Crippen molar-refractivity contribution in [2.24, 2.45) is 0 Å². The van der Waals surface area contributed by atoms with Gasteiger partial charge in [-0.05, 0) is 25.9 Å². The normalized spacial score (nSPS) is 18.7. The topological polar surface area (TPSA) is 83.2 Å². The Morgan fingerprint density at radius 2 is 2.10 bits per heavy atom. The molecule has 0 amide bonds. The van der Waals surface area contributed by atoms with Gasteiger partial charge in [0.25, 0.3) is 0 Å². The van der Waals surface area contributed by atoms with Crippen molar-refractivity contribution < 1.29 is 0 Å². The quantitative estimate of drug-likeness (QED) is 0.763. The Bertz CT molecular complexity index is 429. The molecule has 2 rings (SSSR count). The van der Waals surface area contributed by atoms with E-state index in [0.29, 0.717) is 17.9 Å². The Balaban J connectivity index is 2.12. The number of rotatable bonds is 6. The van der Waals surface area contributed by atoms with Crippen molar-refractivity contribution in [3.8, 4) is 0 Å². The molecule has 0 spiro atoms. The fourth-order valence-corrected chi connectivity index (χ4v) is 2.51. The summed E-state index contributed by atoms with van der Waals surface area (Å²) in [5.41, 5.74) is 5.78. The second-order valence-electron chi connectivity index (χ2n) is 5.42. The minimum Gasteiger partial charge on any atom is -0.368 e. The van der Waals surface area contributed by atoms with Gasteiger partial charge in [0.05, 0.1) is 6.54 Å². The van der Waals surface area contributed by atoms with Crippen LogP contribution in [0.5, 0.6) is 0 Å². The van der Waals surface area contributed by atoms with Crippen LogP contribution in [0.3, 0.4) is 0 Å². The van der Waals surface area contributed by atoms with E-state index in [9.17, 15) is 0 Å². The first-order valence-electron chi connectivity index (χ1n) is 7.22. The summed E-state index contributed by atoms with van der Waals surface area (Å²) in [6, 6.07) is 0.566. The molecular formula is C13H25N7. The highest BCUT2D eigenvalue weighted by Crippen LogP contribution is 2.14. The zero-order chi connectivity index (χ0) is 14.5. The Morgan fingerprint density at radius 3 is 2.70 bits per heavy atom. The molecule has 112 valence electrons. The van der Waals surface area contributed by atoms with Crippen molar-refractivity contribution in [3.05, 3.63) is 5.82 Å². The molecule has 1 unspecified atom stereocenters. The van der Waals surface area contributed by atoms with Crippen LogP contribution in [0.2, 0.25) is 0 Å². The first-order chi connectivity index (χ1) is 9.60. The number of nitrogens with one attached hydrogen (secondary N) is 1. The molecule has 0 bridgehead atoms. The first-order valence-corrected chi connectivity index (χ1v) is 7.22. The molecule has 1 aliphatic rings. The predicted octanol–water partition coefficient (Wildman–Crippen LogP) is 0.0937. The van der Waals surface area contributed by atoms with Crippen molar-refractivity contribution in [3.63, 3.8) is 0 Å². The number of aromatic nitrogens is 3. The van der Waals surface area contributed by atoms with Gasteiger partial charge in [0.15, 0.2) is 0 Å². The summed E-state index contributed by atoms with van der Waals surface area (Å²) in [6.45, 7) is 6.11. The molecule has 1 aromatic heterocycles. The zero-order valence-electron chi connectivity index (χ0n) is 12.6. The van der Waals surface area contributed by atoms with Gasteiger partial charge in [0.2, 0.25) is 11.9 Å². The molecule has 0 aromatic carbocycles. The van der Waals surface area contributed by atoms with Gasteiger partial charge >= 0.3 is 0 Å². The molecule has 0 saturated carbocycles. The van der Waals surface area contributed by atoms with Crippen LogP contribution >= 0.6 is 0 Å². The van der Waals surface area contributed by atoms with Gasteiger partial charge < -0.3 is 16.0 Å². The van der Waals surface area contributed by atoms with E-state index in [1.54, 1.807) is 0 Å². The van der Waals surface area contributed by atoms with Crippen molar-refractivity contribution in [2.45, 2.75) is 32.4 Å². The van der Waals surface area contributed by atoms with E-state index in [0.717, 1.165) is 38.4 Å². The highest BCUT2D eigenvalue weighted by molar-refractivity contribution is 5.32. The Hall–Kier alpha value is -1.47. The smallest absolute Gasteiger partial charge is 0.229 e. The Labute approximate surface area is 120 Å². The number of hydrogen-bond acceptors (Lipinski definition) is 7. The van der Waals surface area contributed by atoms with Crippen LogP contribution in [-0.2, 0) is 6.54 Å². The average Bonchev–Trinajstić information content (AvgIpc) is 2.91. The number of nitrogens with zero attached hydrogens (tertiary/aromatic N) is 5. The second kappa shape index (κ2) is 6.81. The average molecular weight is 279 g/mol. The lowest BCUT2D eigenvalue weighted by Gasteiger charge is -2.27. The lowest BCUT2D eigenvalue weighted by molar-refractivity contribution is 0.194. The van der Waals surface area contributed by atoms with Crippen LogP contribution in [0.1, 0.15) is 25.6 Å². The summed E-state index contributed by atoms with van der Waals surface area (Å²) >= 11 is 0. The molecule has 7 heteroatoms. The molecule has 1 saturated heterocycles. The number of nitrogen functional groups attached to an aromatic ring is 1. The van der Waals surface area contributed by atoms with E-state index in [2.05, 4.69) is 32.1 Å². The summed E-state index contributed by atoms with van der Waals surface area (Å²) in [6.07, 6.45) is 2.30. The van der Waals surface area contributed by atoms with E-state index in [4.69, 9.17) is 5.73 Å². The van der Waals surface area contributed by atoms with Crippen LogP contribution in [0, 0.1) is 0 Å². The van der Waals surface area contributed by atoms with Crippen LogP contribution < -0.4 is 16.0 Å². The van der Waals surface area contributed by atoms with Gasteiger partial charge in [0, 0.05) is 26.7 Å². The monoisotopic (exact) mass is 279 g/mol. The maximum atomic E-state index is 5.78. The van der Waals surface area contributed by atoms with Crippen LogP contribution in [0.4, 0.5) is 11.9 Å². The lowest BCUT2D eigenvalue weighted by atomic mass is 10.2. The Kier molecular flexibility index (Phi) is 5.08. The number of anilines is 2. The van der Waals surface area contributed by atoms with Crippen LogP contribution in [0.15, 0.2) is 0 Å².